The molecule has 2 bridgehead atoms. The molecule has 1 N–H and O–H groups in total. The Labute approximate surface area is 89.3 Å². The van der Waals surface area contributed by atoms with Crippen LogP contribution in [0.2, 0.25) is 0 Å². The van der Waals surface area contributed by atoms with Crippen LogP contribution < -0.4 is 0 Å². The van der Waals surface area contributed by atoms with Gasteiger partial charge in [-0.25, -0.2) is 4.79 Å². The minimum Gasteiger partial charge on any atom is -0.448 e. The maximum absolute atomic E-state index is 10.3. The zero-order valence-corrected chi connectivity index (χ0v) is 9.41. The Morgan fingerprint density at radius 3 is 2.60 bits per heavy atom. The third-order valence-corrected chi connectivity index (χ3v) is 4.75. The Bertz CT molecular complexity index is 335. The average molecular weight is 211 g/mol. The van der Waals surface area contributed by atoms with Crippen LogP contribution in [0.25, 0.3) is 0 Å². The van der Waals surface area contributed by atoms with Crippen molar-refractivity contribution < 1.29 is 14.7 Å². The number of fused-ring (bicyclic) bond motifs is 2. The highest BCUT2D eigenvalue weighted by molar-refractivity contribution is 5.94. The first kappa shape index (κ1) is 10.5. The molecule has 4 heteroatoms. The Hall–Kier alpha value is -1.06. The summed E-state index contributed by atoms with van der Waals surface area (Å²) in [5, 5.41) is 12.2. The highest BCUT2D eigenvalue weighted by Gasteiger charge is 2.60. The zero-order chi connectivity index (χ0) is 11.3. The van der Waals surface area contributed by atoms with Crippen molar-refractivity contribution in [2.75, 3.05) is 0 Å². The number of rotatable bonds is 1. The normalized spacial score (nSPS) is 39.7. The summed E-state index contributed by atoms with van der Waals surface area (Å²) in [7, 11) is 0. The van der Waals surface area contributed by atoms with Crippen molar-refractivity contribution >= 4 is 11.9 Å². The summed E-state index contributed by atoms with van der Waals surface area (Å²) in [5.41, 5.74) is 1.16. The molecular weight excluding hydrogens is 194 g/mol. The van der Waals surface area contributed by atoms with Gasteiger partial charge in [-0.2, -0.15) is 0 Å². The monoisotopic (exact) mass is 211 g/mol. The van der Waals surface area contributed by atoms with Crippen molar-refractivity contribution in [2.24, 2.45) is 21.9 Å². The summed E-state index contributed by atoms with van der Waals surface area (Å²) >= 11 is 0. The third-order valence-electron chi connectivity index (χ3n) is 4.75. The lowest BCUT2D eigenvalue weighted by Gasteiger charge is -2.34. The summed E-state index contributed by atoms with van der Waals surface area (Å²) in [5.74, 6) is 0.624. The van der Waals surface area contributed by atoms with Gasteiger partial charge in [0.1, 0.15) is 0 Å². The summed E-state index contributed by atoms with van der Waals surface area (Å²) in [4.78, 5) is 14.6. The van der Waals surface area contributed by atoms with Crippen molar-refractivity contribution in [1.29, 1.82) is 0 Å². The lowest BCUT2D eigenvalue weighted by atomic mass is 9.70. The van der Waals surface area contributed by atoms with Gasteiger partial charge < -0.3 is 5.11 Å². The van der Waals surface area contributed by atoms with Crippen LogP contribution in [0.4, 0.5) is 4.79 Å². The van der Waals surface area contributed by atoms with Crippen molar-refractivity contribution in [3.05, 3.63) is 0 Å². The molecule has 2 saturated carbocycles. The fourth-order valence-corrected chi connectivity index (χ4v) is 3.16. The molecule has 84 valence electrons. The van der Waals surface area contributed by atoms with Crippen LogP contribution in [0.3, 0.4) is 0 Å². The Morgan fingerprint density at radius 2 is 2.20 bits per heavy atom. The number of carbonyl (C=O) groups is 1. The Balaban J connectivity index is 2.26. The Kier molecular flexibility index (Phi) is 2.07. The van der Waals surface area contributed by atoms with Crippen LogP contribution in [0.1, 0.15) is 40.0 Å². The SMILES string of the molecule is CC1(C)[C@H]2CC[C@]1(C)/C(=N\OC(=O)O)C2. The molecule has 2 aliphatic carbocycles. The van der Waals surface area contributed by atoms with Crippen LogP contribution in [0.15, 0.2) is 5.16 Å². The van der Waals surface area contributed by atoms with Gasteiger partial charge in [0.25, 0.3) is 0 Å². The first-order chi connectivity index (χ1) is 6.88. The van der Waals surface area contributed by atoms with E-state index in [4.69, 9.17) is 5.11 Å². The fourth-order valence-electron chi connectivity index (χ4n) is 3.16. The standard InChI is InChI=1S/C11H17NO3/c1-10(2)7-4-5-11(10,3)8(6-7)12-15-9(13)14/h7H,4-6H2,1-3H3,(H,13,14)/b12-8-/t7-,11+/m0/s1. The quantitative estimate of drug-likeness (QED) is 0.536. The lowest BCUT2D eigenvalue weighted by molar-refractivity contribution is 0.0926. The molecule has 15 heavy (non-hydrogen) atoms. The molecule has 0 aromatic carbocycles. The van der Waals surface area contributed by atoms with E-state index < -0.39 is 6.16 Å². The second-order valence-electron chi connectivity index (χ2n) is 5.39. The topological polar surface area (TPSA) is 58.9 Å². The van der Waals surface area contributed by atoms with E-state index in [-0.39, 0.29) is 10.8 Å². The van der Waals surface area contributed by atoms with Gasteiger partial charge >= 0.3 is 6.16 Å². The van der Waals surface area contributed by atoms with Crippen molar-refractivity contribution in [1.82, 2.24) is 0 Å². The van der Waals surface area contributed by atoms with Crippen LogP contribution in [-0.2, 0) is 4.84 Å². The molecule has 2 aliphatic rings. The highest BCUT2D eigenvalue weighted by Crippen LogP contribution is 2.63. The summed E-state index contributed by atoms with van der Waals surface area (Å²) in [6, 6.07) is 0. The molecule has 0 aromatic heterocycles. The zero-order valence-electron chi connectivity index (χ0n) is 9.41. The largest absolute Gasteiger partial charge is 0.532 e. The maximum atomic E-state index is 10.3. The highest BCUT2D eigenvalue weighted by atomic mass is 16.7. The average Bonchev–Trinajstić information content (AvgIpc) is 2.46. The molecule has 2 atom stereocenters. The molecule has 0 aliphatic heterocycles. The summed E-state index contributed by atoms with van der Waals surface area (Å²) in [6.45, 7) is 6.66. The molecule has 0 aromatic rings. The van der Waals surface area contributed by atoms with Gasteiger partial charge in [-0.15, -0.1) is 0 Å². The van der Waals surface area contributed by atoms with E-state index in [1.807, 2.05) is 0 Å². The van der Waals surface area contributed by atoms with Crippen molar-refractivity contribution in [2.45, 2.75) is 40.0 Å². The maximum Gasteiger partial charge on any atom is 0.532 e. The van der Waals surface area contributed by atoms with Gasteiger partial charge in [0.05, 0.1) is 5.71 Å². The molecule has 4 nitrogen and oxygen atoms in total. The van der Waals surface area contributed by atoms with Gasteiger partial charge in [-0.1, -0.05) is 25.9 Å². The number of hydrogen-bond acceptors (Lipinski definition) is 3. The first-order valence-electron chi connectivity index (χ1n) is 5.35. The molecule has 0 amide bonds. The molecule has 0 unspecified atom stereocenters. The first-order valence-corrected chi connectivity index (χ1v) is 5.35. The number of nitrogens with zero attached hydrogens (tertiary/aromatic N) is 1. The minimum absolute atomic E-state index is 0.0209. The van der Waals surface area contributed by atoms with Gasteiger partial charge in [0.15, 0.2) is 0 Å². The van der Waals surface area contributed by atoms with Crippen LogP contribution in [0, 0.1) is 16.7 Å². The predicted octanol–water partition coefficient (Wildman–Crippen LogP) is 2.88. The second kappa shape index (κ2) is 2.97. The van der Waals surface area contributed by atoms with Gasteiger partial charge in [0, 0.05) is 5.41 Å². The van der Waals surface area contributed by atoms with E-state index in [1.54, 1.807) is 0 Å². The van der Waals surface area contributed by atoms with E-state index in [0.29, 0.717) is 5.92 Å². The summed E-state index contributed by atoms with van der Waals surface area (Å²) < 4.78 is 0. The summed E-state index contributed by atoms with van der Waals surface area (Å²) in [6.07, 6.45) is 1.87. The van der Waals surface area contributed by atoms with Crippen LogP contribution >= 0.6 is 0 Å². The van der Waals surface area contributed by atoms with Crippen molar-refractivity contribution in [3.8, 4) is 0 Å². The number of carboxylic acid groups (broad SMARTS) is 1. The molecule has 0 heterocycles. The molecule has 0 saturated heterocycles. The van der Waals surface area contributed by atoms with E-state index in [9.17, 15) is 4.79 Å². The van der Waals surface area contributed by atoms with Crippen LogP contribution in [-0.4, -0.2) is 17.0 Å². The Morgan fingerprint density at radius 1 is 1.53 bits per heavy atom. The molecule has 0 radical (unpaired) electrons. The number of hydrogen-bond donors (Lipinski definition) is 1. The smallest absolute Gasteiger partial charge is 0.448 e. The second-order valence-corrected chi connectivity index (χ2v) is 5.39. The van der Waals surface area contributed by atoms with Crippen LogP contribution in [0.5, 0.6) is 0 Å². The van der Waals surface area contributed by atoms with E-state index in [0.717, 1.165) is 18.6 Å². The molecule has 0 spiro atoms. The molecule has 2 rings (SSSR count). The predicted molar refractivity (Wildman–Crippen MR) is 55.8 cm³/mol. The lowest BCUT2D eigenvalue weighted by Crippen LogP contribution is -2.32. The third kappa shape index (κ3) is 1.27. The molecule has 2 fully saturated rings. The van der Waals surface area contributed by atoms with E-state index in [1.165, 1.54) is 6.42 Å². The van der Waals surface area contributed by atoms with Gasteiger partial charge in [-0.3, -0.25) is 4.84 Å². The fraction of sp³-hybridized carbons (Fsp3) is 0.818. The number of oxime groups is 1. The molecular formula is C11H17NO3. The van der Waals surface area contributed by atoms with Crippen molar-refractivity contribution in [3.63, 3.8) is 0 Å². The van der Waals surface area contributed by atoms with E-state index >= 15 is 0 Å². The van der Waals surface area contributed by atoms with Gasteiger partial charge in [-0.05, 0) is 30.6 Å². The minimum atomic E-state index is -1.33. The van der Waals surface area contributed by atoms with Gasteiger partial charge in [0.2, 0.25) is 0 Å². The van der Waals surface area contributed by atoms with E-state index in [2.05, 4.69) is 30.8 Å².